The van der Waals surface area contributed by atoms with Gasteiger partial charge in [-0.05, 0) is 51.1 Å². The van der Waals surface area contributed by atoms with Gasteiger partial charge in [-0.15, -0.1) is 24.0 Å². The first kappa shape index (κ1) is 26.1. The minimum absolute atomic E-state index is 0. The number of rotatable bonds is 10. The summed E-state index contributed by atoms with van der Waals surface area (Å²) in [6.45, 7) is 12.9. The zero-order valence-electron chi connectivity index (χ0n) is 17.2. The lowest BCUT2D eigenvalue weighted by Gasteiger charge is -2.25. The number of nitrogens with one attached hydrogen (secondary N) is 2. The van der Waals surface area contributed by atoms with Crippen LogP contribution >= 0.6 is 24.0 Å². The number of guanidine groups is 1. The van der Waals surface area contributed by atoms with Gasteiger partial charge in [-0.3, -0.25) is 9.89 Å². The lowest BCUT2D eigenvalue weighted by atomic mass is 10.1. The molecule has 0 fully saturated rings. The highest BCUT2D eigenvalue weighted by Crippen LogP contribution is 2.10. The Balaban J connectivity index is 0.00000676. The van der Waals surface area contributed by atoms with Crippen molar-refractivity contribution in [3.63, 3.8) is 0 Å². The van der Waals surface area contributed by atoms with Crippen LogP contribution in [0, 0.1) is 0 Å². The predicted molar refractivity (Wildman–Crippen MR) is 125 cm³/mol. The highest BCUT2D eigenvalue weighted by molar-refractivity contribution is 14.0. The summed E-state index contributed by atoms with van der Waals surface area (Å²) in [7, 11) is -3.14. The highest BCUT2D eigenvalue weighted by Gasteiger charge is 2.09. The van der Waals surface area contributed by atoms with Crippen LogP contribution in [0.2, 0.25) is 0 Å². The van der Waals surface area contributed by atoms with E-state index < -0.39 is 9.84 Å². The van der Waals surface area contributed by atoms with E-state index in [-0.39, 0.29) is 24.0 Å². The first-order valence-corrected chi connectivity index (χ1v) is 11.3. The van der Waals surface area contributed by atoms with Crippen molar-refractivity contribution in [2.75, 3.05) is 39.0 Å². The summed E-state index contributed by atoms with van der Waals surface area (Å²) in [5.41, 5.74) is 1.09. The van der Waals surface area contributed by atoms with Crippen molar-refractivity contribution in [1.29, 1.82) is 0 Å². The molecule has 0 saturated carbocycles. The number of aliphatic imine (C=N–C) groups is 1. The van der Waals surface area contributed by atoms with Crippen molar-refractivity contribution >= 4 is 39.8 Å². The number of sulfone groups is 1. The first-order valence-electron chi connectivity index (χ1n) is 9.37. The van der Waals surface area contributed by atoms with Gasteiger partial charge in [-0.2, -0.15) is 0 Å². The van der Waals surface area contributed by atoms with Crippen LogP contribution in [-0.4, -0.2) is 64.3 Å². The molecule has 0 bridgehead atoms. The van der Waals surface area contributed by atoms with Crippen molar-refractivity contribution < 1.29 is 8.42 Å². The third-order valence-corrected chi connectivity index (χ3v) is 5.48. The Kier molecular flexibility index (Phi) is 12.9. The zero-order chi connectivity index (χ0) is 19.6. The molecule has 0 heterocycles. The van der Waals surface area contributed by atoms with Gasteiger partial charge in [0.05, 0.1) is 11.4 Å². The molecule has 1 atom stereocenters. The van der Waals surface area contributed by atoms with Crippen molar-refractivity contribution in [1.82, 2.24) is 15.5 Å². The second-order valence-corrected chi connectivity index (χ2v) is 8.40. The minimum Gasteiger partial charge on any atom is -0.357 e. The van der Waals surface area contributed by atoms with Gasteiger partial charge in [0.1, 0.15) is 0 Å². The molecule has 0 aromatic heterocycles. The van der Waals surface area contributed by atoms with Crippen molar-refractivity contribution in [3.05, 3.63) is 29.8 Å². The Hall–Kier alpha value is -0.870. The summed E-state index contributed by atoms with van der Waals surface area (Å²) in [6, 6.07) is 7.46. The molecule has 2 N–H and O–H groups in total. The maximum atomic E-state index is 11.5. The van der Waals surface area contributed by atoms with E-state index in [9.17, 15) is 8.42 Å². The molecule has 0 aliphatic carbocycles. The smallest absolute Gasteiger partial charge is 0.191 e. The summed E-state index contributed by atoms with van der Waals surface area (Å²) in [4.78, 5) is 7.42. The Bertz CT molecular complexity index is 659. The van der Waals surface area contributed by atoms with Gasteiger partial charge >= 0.3 is 0 Å². The van der Waals surface area contributed by atoms with Crippen LogP contribution in [-0.2, 0) is 16.3 Å². The molecule has 27 heavy (non-hydrogen) atoms. The lowest BCUT2D eigenvalue weighted by Crippen LogP contribution is -2.40. The van der Waals surface area contributed by atoms with Gasteiger partial charge in [-0.1, -0.05) is 26.0 Å². The van der Waals surface area contributed by atoms with E-state index in [1.165, 1.54) is 6.26 Å². The van der Waals surface area contributed by atoms with E-state index in [0.29, 0.717) is 10.9 Å². The Morgan fingerprint density at radius 2 is 1.70 bits per heavy atom. The SMILES string of the molecule is CCNC(=NCC(C)N(CC)CC)NCCc1ccc(S(C)(=O)=O)cc1.I. The molecule has 0 aliphatic rings. The molecule has 6 nitrogen and oxygen atoms in total. The summed E-state index contributed by atoms with van der Waals surface area (Å²) in [5.74, 6) is 0.819. The maximum absolute atomic E-state index is 11.5. The average molecular weight is 510 g/mol. The van der Waals surface area contributed by atoms with E-state index in [1.54, 1.807) is 12.1 Å². The number of hydrogen-bond acceptors (Lipinski definition) is 4. The molecule has 0 aliphatic heterocycles. The number of hydrogen-bond donors (Lipinski definition) is 2. The van der Waals surface area contributed by atoms with Gasteiger partial charge in [-0.25, -0.2) is 8.42 Å². The van der Waals surface area contributed by atoms with E-state index in [4.69, 9.17) is 0 Å². The summed E-state index contributed by atoms with van der Waals surface area (Å²) in [5, 5.41) is 6.62. The summed E-state index contributed by atoms with van der Waals surface area (Å²) in [6.07, 6.45) is 2.03. The van der Waals surface area contributed by atoms with Crippen LogP contribution in [0.5, 0.6) is 0 Å². The molecule has 156 valence electrons. The first-order chi connectivity index (χ1) is 12.3. The lowest BCUT2D eigenvalue weighted by molar-refractivity contribution is 0.237. The van der Waals surface area contributed by atoms with Gasteiger partial charge in [0.2, 0.25) is 0 Å². The molecule has 0 amide bonds. The average Bonchev–Trinajstić information content (AvgIpc) is 2.60. The number of nitrogens with zero attached hydrogens (tertiary/aromatic N) is 2. The van der Waals surface area contributed by atoms with E-state index in [1.807, 2.05) is 12.1 Å². The zero-order valence-corrected chi connectivity index (χ0v) is 20.3. The van der Waals surface area contributed by atoms with Crippen LogP contribution in [0.4, 0.5) is 0 Å². The minimum atomic E-state index is -3.14. The highest BCUT2D eigenvalue weighted by atomic mass is 127. The number of halogens is 1. The monoisotopic (exact) mass is 510 g/mol. The normalized spacial score (nSPS) is 13.2. The van der Waals surface area contributed by atoms with E-state index in [0.717, 1.165) is 50.7 Å². The molecule has 0 radical (unpaired) electrons. The van der Waals surface area contributed by atoms with Crippen molar-refractivity contribution in [2.45, 2.75) is 45.1 Å². The largest absolute Gasteiger partial charge is 0.357 e. The van der Waals surface area contributed by atoms with Crippen LogP contribution in [0.3, 0.4) is 0 Å². The van der Waals surface area contributed by atoms with Crippen LogP contribution in [0.25, 0.3) is 0 Å². The molecule has 0 spiro atoms. The molecule has 0 saturated heterocycles. The van der Waals surface area contributed by atoms with Gasteiger partial charge in [0.25, 0.3) is 0 Å². The van der Waals surface area contributed by atoms with Crippen LogP contribution in [0.1, 0.15) is 33.3 Å². The third kappa shape index (κ3) is 9.75. The number of benzene rings is 1. The van der Waals surface area contributed by atoms with E-state index in [2.05, 4.69) is 48.2 Å². The molecular formula is C19H35IN4O2S. The topological polar surface area (TPSA) is 73.8 Å². The van der Waals surface area contributed by atoms with Crippen molar-refractivity contribution in [3.8, 4) is 0 Å². The third-order valence-electron chi connectivity index (χ3n) is 4.35. The Labute approximate surface area is 182 Å². The van der Waals surface area contributed by atoms with Gasteiger partial charge in [0.15, 0.2) is 15.8 Å². The molecule has 1 unspecified atom stereocenters. The molecule has 8 heteroatoms. The van der Waals surface area contributed by atoms with Crippen LogP contribution in [0.15, 0.2) is 34.2 Å². The molecular weight excluding hydrogens is 475 g/mol. The summed E-state index contributed by atoms with van der Waals surface area (Å²) < 4.78 is 23.0. The van der Waals surface area contributed by atoms with E-state index >= 15 is 0 Å². The standard InChI is InChI=1S/C19H34N4O2S.HI/c1-6-20-19(22-15-16(4)23(7-2)8-3)21-14-13-17-9-11-18(12-10-17)26(5,24)25;/h9-12,16H,6-8,13-15H2,1-5H3,(H2,20,21,22);1H. The fraction of sp³-hybridized carbons (Fsp3) is 0.632. The molecule has 1 aromatic rings. The quantitative estimate of drug-likeness (QED) is 0.288. The number of likely N-dealkylation sites (N-methyl/N-ethyl adjacent to an activating group) is 1. The van der Waals surface area contributed by atoms with Crippen molar-refractivity contribution in [2.24, 2.45) is 4.99 Å². The second kappa shape index (κ2) is 13.3. The fourth-order valence-corrected chi connectivity index (χ4v) is 3.39. The Morgan fingerprint density at radius 1 is 1.11 bits per heavy atom. The second-order valence-electron chi connectivity index (χ2n) is 6.38. The summed E-state index contributed by atoms with van der Waals surface area (Å²) >= 11 is 0. The predicted octanol–water partition coefficient (Wildman–Crippen LogP) is 2.54. The Morgan fingerprint density at radius 3 is 2.19 bits per heavy atom. The van der Waals surface area contributed by atoms with Crippen LogP contribution < -0.4 is 10.6 Å². The van der Waals surface area contributed by atoms with Gasteiger partial charge in [0, 0.05) is 25.4 Å². The molecule has 1 rings (SSSR count). The maximum Gasteiger partial charge on any atom is 0.191 e. The van der Waals surface area contributed by atoms with Gasteiger partial charge < -0.3 is 10.6 Å². The fourth-order valence-electron chi connectivity index (χ4n) is 2.76. The molecule has 1 aromatic carbocycles.